The van der Waals surface area contributed by atoms with Crippen LogP contribution in [0, 0.1) is 13.8 Å². The molecule has 0 aromatic carbocycles. The maximum absolute atomic E-state index is 13.3. The van der Waals surface area contributed by atoms with Crippen molar-refractivity contribution in [2.45, 2.75) is 59.0 Å². The van der Waals surface area contributed by atoms with Crippen molar-refractivity contribution in [2.75, 3.05) is 7.05 Å². The Bertz CT molecular complexity index is 1020. The first-order chi connectivity index (χ1) is 12.9. The van der Waals surface area contributed by atoms with Crippen molar-refractivity contribution in [1.29, 1.82) is 0 Å². The van der Waals surface area contributed by atoms with Crippen molar-refractivity contribution >= 4 is 28.3 Å². The molecule has 0 spiro atoms. The zero-order valence-corrected chi connectivity index (χ0v) is 17.3. The minimum absolute atomic E-state index is 0.0168. The van der Waals surface area contributed by atoms with E-state index >= 15 is 0 Å². The van der Waals surface area contributed by atoms with E-state index in [0.717, 1.165) is 46.7 Å². The lowest BCUT2D eigenvalue weighted by molar-refractivity contribution is 0.0717. The zero-order valence-electron chi connectivity index (χ0n) is 16.5. The Morgan fingerprint density at radius 2 is 2.11 bits per heavy atom. The minimum atomic E-state index is 0.0168. The lowest BCUT2D eigenvalue weighted by Crippen LogP contribution is -2.33. The fraction of sp³-hybridized carbons (Fsp3) is 0.500. The molecular formula is C20H25N5OS. The van der Waals surface area contributed by atoms with Crippen LogP contribution in [0.15, 0.2) is 12.3 Å². The smallest absolute Gasteiger partial charge is 0.256 e. The summed E-state index contributed by atoms with van der Waals surface area (Å²) >= 11 is 1.72. The summed E-state index contributed by atoms with van der Waals surface area (Å²) in [5, 5.41) is 6.41. The van der Waals surface area contributed by atoms with E-state index in [0.29, 0.717) is 5.56 Å². The van der Waals surface area contributed by atoms with Crippen molar-refractivity contribution in [3.8, 4) is 0 Å². The summed E-state index contributed by atoms with van der Waals surface area (Å²) in [6.45, 7) is 8.10. The average Bonchev–Trinajstić information content (AvgIpc) is 3.21. The minimum Gasteiger partial charge on any atom is -0.334 e. The van der Waals surface area contributed by atoms with Crippen LogP contribution in [0.25, 0.3) is 11.0 Å². The van der Waals surface area contributed by atoms with Crippen LogP contribution in [-0.4, -0.2) is 37.6 Å². The molecule has 3 aromatic heterocycles. The third-order valence-electron chi connectivity index (χ3n) is 5.30. The van der Waals surface area contributed by atoms with Crippen LogP contribution >= 0.6 is 11.3 Å². The number of carbonyl (C=O) groups excluding carboxylic acids is 1. The Morgan fingerprint density at radius 1 is 1.33 bits per heavy atom. The molecule has 0 bridgehead atoms. The summed E-state index contributed by atoms with van der Waals surface area (Å²) in [7, 11) is 1.90. The predicted molar refractivity (Wildman–Crippen MR) is 107 cm³/mol. The molecule has 0 N–H and O–H groups in total. The van der Waals surface area contributed by atoms with Crippen molar-refractivity contribution in [3.63, 3.8) is 0 Å². The van der Waals surface area contributed by atoms with Crippen molar-refractivity contribution in [3.05, 3.63) is 39.1 Å². The Hall–Kier alpha value is -2.28. The van der Waals surface area contributed by atoms with Crippen LogP contribution in [0.2, 0.25) is 0 Å². The van der Waals surface area contributed by atoms with Crippen molar-refractivity contribution in [1.82, 2.24) is 24.6 Å². The van der Waals surface area contributed by atoms with Gasteiger partial charge < -0.3 is 4.90 Å². The van der Waals surface area contributed by atoms with Crippen LogP contribution < -0.4 is 0 Å². The van der Waals surface area contributed by atoms with Gasteiger partial charge in [0.1, 0.15) is 0 Å². The highest BCUT2D eigenvalue weighted by Crippen LogP contribution is 2.38. The summed E-state index contributed by atoms with van der Waals surface area (Å²) in [5.41, 5.74) is 3.40. The first-order valence-corrected chi connectivity index (χ1v) is 10.3. The Balaban J connectivity index is 1.69. The quantitative estimate of drug-likeness (QED) is 0.679. The topological polar surface area (TPSA) is 63.9 Å². The van der Waals surface area contributed by atoms with E-state index in [-0.39, 0.29) is 18.0 Å². The number of nitrogens with zero attached hydrogens (tertiary/aromatic N) is 5. The van der Waals surface area contributed by atoms with Gasteiger partial charge in [-0.25, -0.2) is 14.6 Å². The lowest BCUT2D eigenvalue weighted by atomic mass is 9.96. The molecule has 1 aliphatic rings. The first kappa shape index (κ1) is 18.1. The molecule has 3 aromatic rings. The fourth-order valence-corrected chi connectivity index (χ4v) is 5.03. The highest BCUT2D eigenvalue weighted by molar-refractivity contribution is 7.11. The van der Waals surface area contributed by atoms with Crippen molar-refractivity contribution < 1.29 is 4.79 Å². The number of hydrogen-bond donors (Lipinski definition) is 0. The number of aromatic nitrogens is 4. The third-order valence-corrected chi connectivity index (χ3v) is 6.41. The number of pyridine rings is 1. The van der Waals surface area contributed by atoms with Crippen LogP contribution in [0.1, 0.15) is 70.4 Å². The summed E-state index contributed by atoms with van der Waals surface area (Å²) in [6.07, 6.45) is 4.86. The average molecular weight is 384 g/mol. The van der Waals surface area contributed by atoms with E-state index < -0.39 is 0 Å². The number of hydrogen-bond acceptors (Lipinski definition) is 5. The summed E-state index contributed by atoms with van der Waals surface area (Å²) in [5.74, 6) is 0.0168. The van der Waals surface area contributed by atoms with E-state index in [1.807, 2.05) is 36.5 Å². The molecule has 0 fully saturated rings. The highest BCUT2D eigenvalue weighted by Gasteiger charge is 2.31. The molecule has 0 saturated carbocycles. The SMILES string of the molecule is Cc1nc2c(s1)C(N(C)C(=O)c1cc3cnn(C(C)C)c3nc1C)CCC2. The van der Waals surface area contributed by atoms with Crippen LogP contribution in [-0.2, 0) is 6.42 Å². The number of amides is 1. The van der Waals surface area contributed by atoms with E-state index in [4.69, 9.17) is 4.98 Å². The molecule has 0 aliphatic heterocycles. The van der Waals surface area contributed by atoms with E-state index in [2.05, 4.69) is 23.9 Å². The number of carbonyl (C=O) groups is 1. The van der Waals surface area contributed by atoms with Gasteiger partial charge in [-0.2, -0.15) is 5.10 Å². The molecule has 142 valence electrons. The van der Waals surface area contributed by atoms with Crippen LogP contribution in [0.3, 0.4) is 0 Å². The number of aryl methyl sites for hydroxylation is 3. The van der Waals surface area contributed by atoms with Gasteiger partial charge in [-0.1, -0.05) is 0 Å². The monoisotopic (exact) mass is 383 g/mol. The second kappa shape index (κ2) is 6.71. The molecule has 6 nitrogen and oxygen atoms in total. The largest absolute Gasteiger partial charge is 0.334 e. The number of rotatable bonds is 3. The number of thiazole rings is 1. The molecule has 1 atom stereocenters. The van der Waals surface area contributed by atoms with E-state index in [1.165, 1.54) is 4.88 Å². The van der Waals surface area contributed by atoms with Gasteiger partial charge in [0.2, 0.25) is 0 Å². The van der Waals surface area contributed by atoms with Gasteiger partial charge >= 0.3 is 0 Å². The first-order valence-electron chi connectivity index (χ1n) is 9.45. The third kappa shape index (κ3) is 3.04. The van der Waals surface area contributed by atoms with Crippen LogP contribution in [0.4, 0.5) is 0 Å². The maximum Gasteiger partial charge on any atom is 0.256 e. The zero-order chi connectivity index (χ0) is 19.3. The highest BCUT2D eigenvalue weighted by atomic mass is 32.1. The lowest BCUT2D eigenvalue weighted by Gasteiger charge is -2.31. The van der Waals surface area contributed by atoms with Gasteiger partial charge in [0, 0.05) is 18.5 Å². The summed E-state index contributed by atoms with van der Waals surface area (Å²) < 4.78 is 1.90. The fourth-order valence-electron chi connectivity index (χ4n) is 3.88. The van der Waals surface area contributed by atoms with E-state index in [9.17, 15) is 4.79 Å². The predicted octanol–water partition coefficient (Wildman–Crippen LogP) is 4.24. The molecule has 3 heterocycles. The van der Waals surface area contributed by atoms with Gasteiger partial charge in [-0.15, -0.1) is 11.3 Å². The molecule has 0 saturated heterocycles. The molecule has 1 unspecified atom stereocenters. The molecular weight excluding hydrogens is 358 g/mol. The second-order valence-corrected chi connectivity index (χ2v) is 8.82. The van der Waals surface area contributed by atoms with Gasteiger partial charge in [0.15, 0.2) is 5.65 Å². The maximum atomic E-state index is 13.3. The Morgan fingerprint density at radius 3 is 2.85 bits per heavy atom. The molecule has 27 heavy (non-hydrogen) atoms. The van der Waals surface area contributed by atoms with Gasteiger partial charge in [-0.05, 0) is 53.0 Å². The Kier molecular flexibility index (Phi) is 4.50. The summed E-state index contributed by atoms with van der Waals surface area (Å²) in [6, 6.07) is 2.26. The summed E-state index contributed by atoms with van der Waals surface area (Å²) in [4.78, 5) is 25.8. The van der Waals surface area contributed by atoms with Gasteiger partial charge in [0.05, 0.1) is 39.1 Å². The van der Waals surface area contributed by atoms with Crippen LogP contribution in [0.5, 0.6) is 0 Å². The molecule has 1 aliphatic carbocycles. The molecule has 1 amide bonds. The Labute approximate surface area is 163 Å². The van der Waals surface area contributed by atoms with Gasteiger partial charge in [-0.3, -0.25) is 4.79 Å². The molecule has 4 rings (SSSR count). The van der Waals surface area contributed by atoms with E-state index in [1.54, 1.807) is 17.5 Å². The normalized spacial score (nSPS) is 16.7. The van der Waals surface area contributed by atoms with Crippen molar-refractivity contribution in [2.24, 2.45) is 0 Å². The van der Waals surface area contributed by atoms with Gasteiger partial charge in [0.25, 0.3) is 5.91 Å². The molecule has 0 radical (unpaired) electrons. The standard InChI is InChI=1S/C20H25N5OS/c1-11(2)25-19-14(10-21-25)9-15(12(3)22-19)20(26)24(5)17-8-6-7-16-18(17)27-13(4)23-16/h9-11,17H,6-8H2,1-5H3. The molecule has 7 heteroatoms. The second-order valence-electron chi connectivity index (χ2n) is 7.58. The number of fused-ring (bicyclic) bond motifs is 2.